The van der Waals surface area contributed by atoms with Crippen molar-refractivity contribution < 1.29 is 23.0 Å². The Balaban J connectivity index is 2.03. The van der Waals surface area contributed by atoms with Crippen molar-refractivity contribution in [1.82, 2.24) is 5.32 Å². The maximum absolute atomic E-state index is 13.3. The van der Waals surface area contributed by atoms with Crippen molar-refractivity contribution in [3.05, 3.63) is 59.2 Å². The minimum atomic E-state index is -0.937. The van der Waals surface area contributed by atoms with E-state index in [1.807, 2.05) is 0 Å². The smallest absolute Gasteiger partial charge is 0.224 e. The summed E-state index contributed by atoms with van der Waals surface area (Å²) in [6.07, 6.45) is 0.133. The van der Waals surface area contributed by atoms with Crippen LogP contribution in [0.2, 0.25) is 0 Å². The van der Waals surface area contributed by atoms with Crippen LogP contribution < -0.4 is 14.8 Å². The van der Waals surface area contributed by atoms with Crippen molar-refractivity contribution in [2.75, 3.05) is 14.2 Å². The average molecular weight is 335 g/mol. The van der Waals surface area contributed by atoms with Gasteiger partial charge in [0.15, 0.2) is 23.1 Å². The molecule has 1 atom stereocenters. The highest BCUT2D eigenvalue weighted by Gasteiger charge is 2.13. The van der Waals surface area contributed by atoms with Crippen molar-refractivity contribution in [1.29, 1.82) is 0 Å². The van der Waals surface area contributed by atoms with Crippen LogP contribution in [0.4, 0.5) is 8.78 Å². The Morgan fingerprint density at radius 1 is 1.04 bits per heavy atom. The molecule has 0 unspecified atom stereocenters. The van der Waals surface area contributed by atoms with Gasteiger partial charge in [0.2, 0.25) is 5.91 Å². The largest absolute Gasteiger partial charge is 0.493 e. The van der Waals surface area contributed by atoms with Crippen LogP contribution in [0.5, 0.6) is 11.5 Å². The fourth-order valence-electron chi connectivity index (χ4n) is 2.33. The Kier molecular flexibility index (Phi) is 5.73. The molecule has 0 aliphatic carbocycles. The highest BCUT2D eigenvalue weighted by molar-refractivity contribution is 5.79. The standard InChI is InChI=1S/C18H19F2NO3/c1-11(13-5-6-14(19)15(20)10-13)21-18(22)9-12-4-7-16(23-2)17(8-12)24-3/h4-8,10-11H,9H2,1-3H3,(H,21,22)/t11-/m1/s1. The number of halogens is 2. The molecule has 0 aromatic heterocycles. The van der Waals surface area contributed by atoms with Crippen LogP contribution in [-0.4, -0.2) is 20.1 Å². The third-order valence-corrected chi connectivity index (χ3v) is 3.63. The number of benzene rings is 2. The molecule has 0 radical (unpaired) electrons. The summed E-state index contributed by atoms with van der Waals surface area (Å²) in [4.78, 5) is 12.2. The highest BCUT2D eigenvalue weighted by Crippen LogP contribution is 2.27. The van der Waals surface area contributed by atoms with Gasteiger partial charge in [-0.3, -0.25) is 4.79 Å². The van der Waals surface area contributed by atoms with Gasteiger partial charge >= 0.3 is 0 Å². The first-order valence-electron chi connectivity index (χ1n) is 7.39. The molecule has 0 fully saturated rings. The van der Waals surface area contributed by atoms with E-state index in [4.69, 9.17) is 9.47 Å². The van der Waals surface area contributed by atoms with Gasteiger partial charge in [0.1, 0.15) is 0 Å². The number of carbonyl (C=O) groups is 1. The van der Waals surface area contributed by atoms with E-state index < -0.39 is 17.7 Å². The summed E-state index contributed by atoms with van der Waals surface area (Å²) < 4.78 is 36.6. The Hall–Kier alpha value is -2.63. The number of ether oxygens (including phenoxy) is 2. The van der Waals surface area contributed by atoms with Crippen LogP contribution in [0, 0.1) is 11.6 Å². The van der Waals surface area contributed by atoms with Crippen LogP contribution in [0.3, 0.4) is 0 Å². The van der Waals surface area contributed by atoms with E-state index in [1.165, 1.54) is 20.3 Å². The Morgan fingerprint density at radius 2 is 1.75 bits per heavy atom. The van der Waals surface area contributed by atoms with Gasteiger partial charge < -0.3 is 14.8 Å². The minimum absolute atomic E-state index is 0.133. The number of amides is 1. The van der Waals surface area contributed by atoms with Crippen molar-refractivity contribution in [3.63, 3.8) is 0 Å². The number of hydrogen-bond donors (Lipinski definition) is 1. The summed E-state index contributed by atoms with van der Waals surface area (Å²) in [5, 5.41) is 2.76. The first-order chi connectivity index (χ1) is 11.4. The van der Waals surface area contributed by atoms with Gasteiger partial charge in [0.25, 0.3) is 0 Å². The molecular formula is C18H19F2NO3. The SMILES string of the molecule is COc1ccc(CC(=O)N[C@H](C)c2ccc(F)c(F)c2)cc1OC. The van der Waals surface area contributed by atoms with E-state index >= 15 is 0 Å². The lowest BCUT2D eigenvalue weighted by molar-refractivity contribution is -0.121. The van der Waals surface area contributed by atoms with Gasteiger partial charge in [-0.05, 0) is 42.3 Å². The third-order valence-electron chi connectivity index (χ3n) is 3.63. The van der Waals surface area contributed by atoms with Crippen molar-refractivity contribution in [2.45, 2.75) is 19.4 Å². The zero-order valence-corrected chi connectivity index (χ0v) is 13.7. The van der Waals surface area contributed by atoms with E-state index in [0.717, 1.165) is 17.7 Å². The topological polar surface area (TPSA) is 47.6 Å². The van der Waals surface area contributed by atoms with E-state index in [2.05, 4.69) is 5.32 Å². The molecule has 0 bridgehead atoms. The zero-order chi connectivity index (χ0) is 17.7. The predicted molar refractivity (Wildman–Crippen MR) is 86.2 cm³/mol. The first kappa shape index (κ1) is 17.7. The number of nitrogens with one attached hydrogen (secondary N) is 1. The average Bonchev–Trinajstić information content (AvgIpc) is 2.56. The molecule has 1 amide bonds. The van der Waals surface area contributed by atoms with Crippen LogP contribution in [0.15, 0.2) is 36.4 Å². The normalized spacial score (nSPS) is 11.7. The maximum Gasteiger partial charge on any atom is 0.224 e. The number of carbonyl (C=O) groups excluding carboxylic acids is 1. The Bertz CT molecular complexity index is 734. The molecule has 0 saturated heterocycles. The van der Waals surface area contributed by atoms with E-state index in [9.17, 15) is 13.6 Å². The van der Waals surface area contributed by atoms with E-state index in [-0.39, 0.29) is 12.3 Å². The summed E-state index contributed by atoms with van der Waals surface area (Å²) in [6.45, 7) is 1.71. The maximum atomic E-state index is 13.3. The van der Waals surface area contributed by atoms with Gasteiger partial charge in [-0.25, -0.2) is 8.78 Å². The quantitative estimate of drug-likeness (QED) is 0.880. The summed E-state index contributed by atoms with van der Waals surface area (Å²) in [5.41, 5.74) is 1.25. The van der Waals surface area contributed by atoms with Gasteiger partial charge in [0.05, 0.1) is 26.7 Å². The third kappa shape index (κ3) is 4.22. The molecule has 0 heterocycles. The van der Waals surface area contributed by atoms with Gasteiger partial charge in [-0.2, -0.15) is 0 Å². The van der Waals surface area contributed by atoms with E-state index in [0.29, 0.717) is 17.1 Å². The molecule has 1 N–H and O–H groups in total. The second-order valence-corrected chi connectivity index (χ2v) is 5.33. The van der Waals surface area contributed by atoms with Crippen LogP contribution in [-0.2, 0) is 11.2 Å². The van der Waals surface area contributed by atoms with Crippen LogP contribution in [0.25, 0.3) is 0 Å². The molecule has 4 nitrogen and oxygen atoms in total. The number of hydrogen-bond acceptors (Lipinski definition) is 3. The lowest BCUT2D eigenvalue weighted by Gasteiger charge is -2.15. The van der Waals surface area contributed by atoms with Gasteiger partial charge in [0, 0.05) is 0 Å². The monoisotopic (exact) mass is 335 g/mol. The molecule has 128 valence electrons. The molecular weight excluding hydrogens is 316 g/mol. The molecule has 6 heteroatoms. The van der Waals surface area contributed by atoms with Crippen molar-refractivity contribution in [2.24, 2.45) is 0 Å². The summed E-state index contributed by atoms with van der Waals surface area (Å²) in [6, 6.07) is 8.34. The molecule has 2 aromatic rings. The minimum Gasteiger partial charge on any atom is -0.493 e. The lowest BCUT2D eigenvalue weighted by atomic mass is 10.1. The Morgan fingerprint density at radius 3 is 2.38 bits per heavy atom. The molecule has 2 rings (SSSR count). The highest BCUT2D eigenvalue weighted by atomic mass is 19.2. The molecule has 2 aromatic carbocycles. The second kappa shape index (κ2) is 7.77. The first-order valence-corrected chi connectivity index (χ1v) is 7.39. The molecule has 0 aliphatic rings. The summed E-state index contributed by atoms with van der Waals surface area (Å²) in [7, 11) is 3.06. The van der Waals surface area contributed by atoms with Crippen molar-refractivity contribution >= 4 is 5.91 Å². The Labute approximate surface area is 139 Å². The van der Waals surface area contributed by atoms with Crippen molar-refractivity contribution in [3.8, 4) is 11.5 Å². The predicted octanol–water partition coefficient (Wildman–Crippen LogP) is 3.40. The van der Waals surface area contributed by atoms with E-state index in [1.54, 1.807) is 25.1 Å². The molecule has 0 saturated carbocycles. The second-order valence-electron chi connectivity index (χ2n) is 5.33. The molecule has 0 aliphatic heterocycles. The van der Waals surface area contributed by atoms with Crippen LogP contribution >= 0.6 is 0 Å². The van der Waals surface area contributed by atoms with Gasteiger partial charge in [-0.1, -0.05) is 12.1 Å². The fraction of sp³-hybridized carbons (Fsp3) is 0.278. The van der Waals surface area contributed by atoms with Gasteiger partial charge in [-0.15, -0.1) is 0 Å². The summed E-state index contributed by atoms with van der Waals surface area (Å²) >= 11 is 0. The number of rotatable bonds is 6. The zero-order valence-electron chi connectivity index (χ0n) is 13.7. The molecule has 24 heavy (non-hydrogen) atoms. The lowest BCUT2D eigenvalue weighted by Crippen LogP contribution is -2.28. The fourth-order valence-corrected chi connectivity index (χ4v) is 2.33. The number of methoxy groups -OCH3 is 2. The van der Waals surface area contributed by atoms with Crippen LogP contribution in [0.1, 0.15) is 24.1 Å². The molecule has 0 spiro atoms. The summed E-state index contributed by atoms with van der Waals surface area (Å²) in [5.74, 6) is -0.969.